The Kier molecular flexibility index (Phi) is 6.53. The van der Waals surface area contributed by atoms with E-state index in [1.165, 1.54) is 16.7 Å². The van der Waals surface area contributed by atoms with E-state index in [0.29, 0.717) is 23.6 Å². The van der Waals surface area contributed by atoms with Crippen LogP contribution in [0.3, 0.4) is 0 Å². The number of halogens is 1. The smallest absolute Gasteiger partial charge is 0.122 e. The summed E-state index contributed by atoms with van der Waals surface area (Å²) in [5.41, 5.74) is 6.36. The Balaban J connectivity index is 0.00000225. The number of rotatable bonds is 5. The van der Waals surface area contributed by atoms with Crippen molar-refractivity contribution in [1.82, 2.24) is 5.32 Å². The Morgan fingerprint density at radius 1 is 0.960 bits per heavy atom. The van der Waals surface area contributed by atoms with Crippen molar-refractivity contribution < 1.29 is 5.11 Å². The average Bonchev–Trinajstić information content (AvgIpc) is 2.96. The maximum atomic E-state index is 10.5. The molecule has 2 nitrogen and oxygen atoms in total. The monoisotopic (exact) mass is 359 g/mol. The van der Waals surface area contributed by atoms with Crippen molar-refractivity contribution in [3.05, 3.63) is 64.2 Å². The Morgan fingerprint density at radius 3 is 1.88 bits per heavy atom. The first-order valence-electron chi connectivity index (χ1n) is 9.11. The second-order valence-corrected chi connectivity index (χ2v) is 7.69. The van der Waals surface area contributed by atoms with E-state index in [1.807, 2.05) is 0 Å². The van der Waals surface area contributed by atoms with E-state index in [2.05, 4.69) is 69.4 Å². The number of aromatic hydroxyl groups is 1. The molecule has 1 aliphatic carbocycles. The summed E-state index contributed by atoms with van der Waals surface area (Å²) in [4.78, 5) is 0. The molecule has 0 heterocycles. The number of benzene rings is 2. The third-order valence-corrected chi connectivity index (χ3v) is 5.12. The lowest BCUT2D eigenvalue weighted by molar-refractivity contribution is 0.453. The molecule has 136 valence electrons. The second kappa shape index (κ2) is 8.25. The molecule has 0 saturated carbocycles. The van der Waals surface area contributed by atoms with Gasteiger partial charge in [-0.2, -0.15) is 0 Å². The van der Waals surface area contributed by atoms with Crippen LogP contribution in [0.15, 0.2) is 36.4 Å². The van der Waals surface area contributed by atoms with E-state index in [9.17, 15) is 5.11 Å². The van der Waals surface area contributed by atoms with Gasteiger partial charge < -0.3 is 10.4 Å². The van der Waals surface area contributed by atoms with Gasteiger partial charge in [-0.1, -0.05) is 64.1 Å². The summed E-state index contributed by atoms with van der Waals surface area (Å²) in [5, 5.41) is 14.2. The number of phenols is 1. The standard InChI is InChI=1S/C22H29NO.ClH/c1-14(2)20-9-16(10-21(15(3)4)22(20)24)13-23-19-11-17-7-5-6-8-18(17)12-19;/h5-10,14-15,19,23-24H,11-13H2,1-4H3;1H. The molecular weight excluding hydrogens is 330 g/mol. The minimum Gasteiger partial charge on any atom is -0.507 e. The van der Waals surface area contributed by atoms with Gasteiger partial charge in [-0.25, -0.2) is 0 Å². The molecule has 0 atom stereocenters. The van der Waals surface area contributed by atoms with Crippen LogP contribution in [0.25, 0.3) is 0 Å². The molecule has 2 aromatic carbocycles. The molecule has 0 spiro atoms. The van der Waals surface area contributed by atoms with E-state index < -0.39 is 0 Å². The van der Waals surface area contributed by atoms with Crippen molar-refractivity contribution in [3.8, 4) is 5.75 Å². The Hall–Kier alpha value is -1.51. The van der Waals surface area contributed by atoms with Gasteiger partial charge in [-0.3, -0.25) is 0 Å². The molecule has 0 aliphatic heterocycles. The van der Waals surface area contributed by atoms with Gasteiger partial charge in [0.05, 0.1) is 0 Å². The molecule has 0 fully saturated rings. The summed E-state index contributed by atoms with van der Waals surface area (Å²) in [6, 6.07) is 13.6. The van der Waals surface area contributed by atoms with Gasteiger partial charge in [0, 0.05) is 12.6 Å². The lowest BCUT2D eigenvalue weighted by Crippen LogP contribution is -2.29. The van der Waals surface area contributed by atoms with Gasteiger partial charge >= 0.3 is 0 Å². The molecule has 2 N–H and O–H groups in total. The largest absolute Gasteiger partial charge is 0.507 e. The minimum atomic E-state index is 0. The summed E-state index contributed by atoms with van der Waals surface area (Å²) in [7, 11) is 0. The van der Waals surface area contributed by atoms with Crippen LogP contribution in [0.4, 0.5) is 0 Å². The number of hydrogen-bond donors (Lipinski definition) is 2. The van der Waals surface area contributed by atoms with E-state index in [1.54, 1.807) is 0 Å². The fourth-order valence-electron chi connectivity index (χ4n) is 3.69. The SMILES string of the molecule is CC(C)c1cc(CNC2Cc3ccccc3C2)cc(C(C)C)c1O.Cl. The van der Waals surface area contributed by atoms with Crippen LogP contribution in [0.2, 0.25) is 0 Å². The zero-order chi connectivity index (χ0) is 17.3. The van der Waals surface area contributed by atoms with Crippen molar-refractivity contribution in [1.29, 1.82) is 0 Å². The molecule has 0 unspecified atom stereocenters. The van der Waals surface area contributed by atoms with Crippen molar-refractivity contribution in [2.24, 2.45) is 0 Å². The minimum absolute atomic E-state index is 0. The van der Waals surface area contributed by atoms with Crippen molar-refractivity contribution in [2.45, 2.75) is 65.0 Å². The van der Waals surface area contributed by atoms with E-state index in [4.69, 9.17) is 0 Å². The van der Waals surface area contributed by atoms with Crippen LogP contribution in [0.5, 0.6) is 5.75 Å². The lowest BCUT2D eigenvalue weighted by atomic mass is 9.91. The normalized spacial score (nSPS) is 14.0. The topological polar surface area (TPSA) is 32.3 Å². The number of hydrogen-bond acceptors (Lipinski definition) is 2. The second-order valence-electron chi connectivity index (χ2n) is 7.69. The third-order valence-electron chi connectivity index (χ3n) is 5.12. The van der Waals surface area contributed by atoms with Crippen molar-refractivity contribution in [2.75, 3.05) is 0 Å². The molecule has 3 heteroatoms. The first kappa shape index (κ1) is 19.8. The fraction of sp³-hybridized carbons (Fsp3) is 0.455. The molecule has 25 heavy (non-hydrogen) atoms. The molecule has 0 radical (unpaired) electrons. The van der Waals surface area contributed by atoms with E-state index in [-0.39, 0.29) is 12.4 Å². The number of phenolic OH excluding ortho intramolecular Hbond substituents is 1. The highest BCUT2D eigenvalue weighted by Gasteiger charge is 2.21. The quantitative estimate of drug-likeness (QED) is 0.757. The van der Waals surface area contributed by atoms with Crippen molar-refractivity contribution in [3.63, 3.8) is 0 Å². The number of fused-ring (bicyclic) bond motifs is 1. The summed E-state index contributed by atoms with van der Waals surface area (Å²) in [6.07, 6.45) is 2.23. The summed E-state index contributed by atoms with van der Waals surface area (Å²) < 4.78 is 0. The summed E-state index contributed by atoms with van der Waals surface area (Å²) in [6.45, 7) is 9.43. The molecule has 0 saturated heterocycles. The Morgan fingerprint density at radius 2 is 1.44 bits per heavy atom. The Labute approximate surface area is 158 Å². The van der Waals surface area contributed by atoms with Crippen LogP contribution in [-0.4, -0.2) is 11.1 Å². The highest BCUT2D eigenvalue weighted by molar-refractivity contribution is 5.85. The summed E-state index contributed by atoms with van der Waals surface area (Å²) >= 11 is 0. The van der Waals surface area contributed by atoms with Crippen molar-refractivity contribution >= 4 is 12.4 Å². The fourth-order valence-corrected chi connectivity index (χ4v) is 3.69. The number of nitrogens with one attached hydrogen (secondary N) is 1. The van der Waals surface area contributed by atoms with Gasteiger partial charge in [-0.15, -0.1) is 12.4 Å². The molecule has 0 amide bonds. The predicted molar refractivity (Wildman–Crippen MR) is 108 cm³/mol. The van der Waals surface area contributed by atoms with Crippen LogP contribution in [0.1, 0.15) is 67.3 Å². The van der Waals surface area contributed by atoms with E-state index >= 15 is 0 Å². The zero-order valence-corrected chi connectivity index (χ0v) is 16.5. The first-order valence-corrected chi connectivity index (χ1v) is 9.11. The summed E-state index contributed by atoms with van der Waals surface area (Å²) in [5.74, 6) is 1.15. The highest BCUT2D eigenvalue weighted by Crippen LogP contribution is 2.35. The predicted octanol–water partition coefficient (Wildman–Crippen LogP) is 5.32. The van der Waals surface area contributed by atoms with E-state index in [0.717, 1.165) is 30.5 Å². The van der Waals surface area contributed by atoms with Crippen LogP contribution < -0.4 is 5.32 Å². The van der Waals surface area contributed by atoms with Gasteiger partial charge in [-0.05, 0) is 52.5 Å². The molecule has 1 aliphatic rings. The van der Waals surface area contributed by atoms with Crippen LogP contribution >= 0.6 is 12.4 Å². The molecule has 2 aromatic rings. The average molecular weight is 360 g/mol. The van der Waals surface area contributed by atoms with Gasteiger partial charge in [0.15, 0.2) is 0 Å². The van der Waals surface area contributed by atoms with Gasteiger partial charge in [0.2, 0.25) is 0 Å². The molecule has 0 aromatic heterocycles. The lowest BCUT2D eigenvalue weighted by Gasteiger charge is -2.19. The maximum absolute atomic E-state index is 10.5. The Bertz CT molecular complexity index is 670. The third kappa shape index (κ3) is 4.37. The zero-order valence-electron chi connectivity index (χ0n) is 15.7. The first-order chi connectivity index (χ1) is 11.5. The highest BCUT2D eigenvalue weighted by atomic mass is 35.5. The van der Waals surface area contributed by atoms with Crippen LogP contribution in [0, 0.1) is 0 Å². The molecule has 3 rings (SSSR count). The van der Waals surface area contributed by atoms with Crippen LogP contribution in [-0.2, 0) is 19.4 Å². The van der Waals surface area contributed by atoms with Gasteiger partial charge in [0.25, 0.3) is 0 Å². The van der Waals surface area contributed by atoms with Gasteiger partial charge in [0.1, 0.15) is 5.75 Å². The maximum Gasteiger partial charge on any atom is 0.122 e. The molecule has 0 bridgehead atoms. The molecular formula is C22H30ClNO.